The average molecular weight is 519 g/mol. The second-order valence-corrected chi connectivity index (χ2v) is 10.6. The number of hydrogen-bond acceptors (Lipinski definition) is 6. The van der Waals surface area contributed by atoms with Crippen molar-refractivity contribution in [3.63, 3.8) is 0 Å². The van der Waals surface area contributed by atoms with Crippen molar-refractivity contribution in [3.05, 3.63) is 71.7 Å². The van der Waals surface area contributed by atoms with E-state index < -0.39 is 17.2 Å². The number of benzene rings is 1. The molecule has 4 aromatic rings. The SMILES string of the molecule is COC1(c2cc(F)c(-c3ccc4cnc(Nc5cnccc5C5CCCC(N)C5)n4n3)c(F)c2)CCCC1. The van der Waals surface area contributed by atoms with Crippen molar-refractivity contribution in [2.24, 2.45) is 5.73 Å². The third-order valence-corrected chi connectivity index (χ3v) is 8.27. The number of aromatic nitrogens is 4. The molecule has 9 heteroatoms. The van der Waals surface area contributed by atoms with Crippen LogP contribution in [0.1, 0.15) is 68.4 Å². The number of rotatable bonds is 6. The number of pyridine rings is 1. The third kappa shape index (κ3) is 4.43. The fraction of sp³-hybridized carbons (Fsp3) is 0.414. The molecular weight excluding hydrogens is 486 g/mol. The normalized spacial score (nSPS) is 21.2. The first-order valence-corrected chi connectivity index (χ1v) is 13.3. The van der Waals surface area contributed by atoms with Crippen LogP contribution >= 0.6 is 0 Å². The third-order valence-electron chi connectivity index (χ3n) is 8.27. The van der Waals surface area contributed by atoms with Gasteiger partial charge in [0.05, 0.1) is 40.5 Å². The Morgan fingerprint density at radius 3 is 2.58 bits per heavy atom. The van der Waals surface area contributed by atoms with Crippen LogP contribution in [0.2, 0.25) is 0 Å². The lowest BCUT2D eigenvalue weighted by Gasteiger charge is -2.28. The topological polar surface area (TPSA) is 90.4 Å². The van der Waals surface area contributed by atoms with Crippen LogP contribution in [-0.2, 0) is 10.3 Å². The molecular formula is C29H32F2N6O. The maximum absolute atomic E-state index is 15.4. The number of anilines is 2. The van der Waals surface area contributed by atoms with Crippen LogP contribution in [-0.4, -0.2) is 32.7 Å². The molecule has 2 aliphatic carbocycles. The number of nitrogens with zero attached hydrogens (tertiary/aromatic N) is 4. The van der Waals surface area contributed by atoms with Gasteiger partial charge in [0, 0.05) is 19.3 Å². The summed E-state index contributed by atoms with van der Waals surface area (Å²) in [6.45, 7) is 0. The number of nitrogens with one attached hydrogen (secondary N) is 1. The second-order valence-electron chi connectivity index (χ2n) is 10.6. The minimum Gasteiger partial charge on any atom is -0.374 e. The number of nitrogens with two attached hydrogens (primary N) is 1. The van der Waals surface area contributed by atoms with E-state index in [1.165, 1.54) is 12.1 Å². The van der Waals surface area contributed by atoms with Gasteiger partial charge in [-0.1, -0.05) is 19.3 Å². The number of fused-ring (bicyclic) bond motifs is 1. The molecule has 2 saturated carbocycles. The Balaban J connectivity index is 1.35. The molecule has 0 saturated heterocycles. The van der Waals surface area contributed by atoms with E-state index in [1.54, 1.807) is 42.3 Å². The zero-order valence-electron chi connectivity index (χ0n) is 21.5. The van der Waals surface area contributed by atoms with Crippen molar-refractivity contribution in [3.8, 4) is 11.3 Å². The van der Waals surface area contributed by atoms with Crippen LogP contribution in [0.4, 0.5) is 20.4 Å². The molecule has 2 aliphatic rings. The molecule has 3 aromatic heterocycles. The largest absolute Gasteiger partial charge is 0.374 e. The van der Waals surface area contributed by atoms with E-state index >= 15 is 8.78 Å². The summed E-state index contributed by atoms with van der Waals surface area (Å²) >= 11 is 0. The highest BCUT2D eigenvalue weighted by atomic mass is 19.1. The number of ether oxygens (including phenoxy) is 1. The zero-order chi connectivity index (χ0) is 26.3. The maximum Gasteiger partial charge on any atom is 0.229 e. The first kappa shape index (κ1) is 24.9. The van der Waals surface area contributed by atoms with Crippen LogP contribution in [0.3, 0.4) is 0 Å². The highest BCUT2D eigenvalue weighted by Gasteiger charge is 2.37. The number of halogens is 2. The molecule has 6 rings (SSSR count). The lowest BCUT2D eigenvalue weighted by molar-refractivity contribution is -0.00914. The molecule has 3 N–H and O–H groups in total. The van der Waals surface area contributed by atoms with Gasteiger partial charge in [-0.2, -0.15) is 9.61 Å². The average Bonchev–Trinajstić information content (AvgIpc) is 3.57. The fourth-order valence-corrected chi connectivity index (χ4v) is 6.24. The van der Waals surface area contributed by atoms with Crippen molar-refractivity contribution < 1.29 is 13.5 Å². The monoisotopic (exact) mass is 518 g/mol. The van der Waals surface area contributed by atoms with Gasteiger partial charge < -0.3 is 15.8 Å². The van der Waals surface area contributed by atoms with Gasteiger partial charge in [0.2, 0.25) is 5.95 Å². The predicted octanol–water partition coefficient (Wildman–Crippen LogP) is 6.21. The summed E-state index contributed by atoms with van der Waals surface area (Å²) in [5.74, 6) is -0.546. The summed E-state index contributed by atoms with van der Waals surface area (Å²) in [4.78, 5) is 8.79. The van der Waals surface area contributed by atoms with E-state index in [-0.39, 0.29) is 17.3 Å². The zero-order valence-corrected chi connectivity index (χ0v) is 21.5. The van der Waals surface area contributed by atoms with E-state index in [0.29, 0.717) is 22.9 Å². The Kier molecular flexibility index (Phi) is 6.57. The summed E-state index contributed by atoms with van der Waals surface area (Å²) < 4.78 is 38.2. The van der Waals surface area contributed by atoms with Crippen LogP contribution in [0.25, 0.3) is 16.8 Å². The molecule has 2 unspecified atom stereocenters. The van der Waals surface area contributed by atoms with Crippen molar-refractivity contribution in [2.45, 2.75) is 68.9 Å². The highest BCUT2D eigenvalue weighted by Crippen LogP contribution is 2.43. The molecule has 2 fully saturated rings. The maximum atomic E-state index is 15.4. The van der Waals surface area contributed by atoms with Gasteiger partial charge in [0.25, 0.3) is 0 Å². The molecule has 0 spiro atoms. The van der Waals surface area contributed by atoms with E-state index in [1.807, 2.05) is 6.07 Å². The van der Waals surface area contributed by atoms with Gasteiger partial charge in [-0.25, -0.2) is 13.8 Å². The van der Waals surface area contributed by atoms with Gasteiger partial charge in [0.1, 0.15) is 11.6 Å². The Bertz CT molecular complexity index is 1440. The van der Waals surface area contributed by atoms with E-state index in [4.69, 9.17) is 10.5 Å². The number of imidazole rings is 1. The molecule has 0 amide bonds. The Labute approximate surface area is 220 Å². The fourth-order valence-electron chi connectivity index (χ4n) is 6.24. The minimum atomic E-state index is -0.659. The number of methoxy groups -OCH3 is 1. The summed E-state index contributed by atoms with van der Waals surface area (Å²) in [5, 5.41) is 7.94. The molecule has 3 heterocycles. The van der Waals surface area contributed by atoms with Crippen molar-refractivity contribution in [1.82, 2.24) is 19.6 Å². The van der Waals surface area contributed by atoms with Crippen LogP contribution in [0, 0.1) is 11.6 Å². The van der Waals surface area contributed by atoms with Crippen molar-refractivity contribution in [2.75, 3.05) is 12.4 Å². The van der Waals surface area contributed by atoms with Crippen LogP contribution in [0.5, 0.6) is 0 Å². The van der Waals surface area contributed by atoms with E-state index in [0.717, 1.165) is 62.6 Å². The second kappa shape index (κ2) is 10.0. The molecule has 0 radical (unpaired) electrons. The highest BCUT2D eigenvalue weighted by molar-refractivity contribution is 5.66. The summed E-state index contributed by atoms with van der Waals surface area (Å²) in [6, 6.07) is 8.36. The Morgan fingerprint density at radius 1 is 1.05 bits per heavy atom. The Morgan fingerprint density at radius 2 is 1.84 bits per heavy atom. The standard InChI is InChI=1S/C29H32F2N6O/c1-38-29(10-2-3-11-29)19-14-23(30)27(24(31)15-19)25-8-7-21-16-34-28(37(21)36-25)35-26-17-33-12-9-22(26)18-5-4-6-20(32)13-18/h7-9,12,14-18,20H,2-6,10-11,13,32H2,1H3,(H,34,35). The van der Waals surface area contributed by atoms with Gasteiger partial charge in [-0.05, 0) is 79.5 Å². The molecule has 7 nitrogen and oxygen atoms in total. The first-order chi connectivity index (χ1) is 18.5. The van der Waals surface area contributed by atoms with Gasteiger partial charge in [0.15, 0.2) is 0 Å². The molecule has 198 valence electrons. The molecule has 1 aromatic carbocycles. The molecule has 38 heavy (non-hydrogen) atoms. The Hall–Kier alpha value is -3.43. The predicted molar refractivity (Wildman–Crippen MR) is 142 cm³/mol. The smallest absolute Gasteiger partial charge is 0.229 e. The summed E-state index contributed by atoms with van der Waals surface area (Å²) in [7, 11) is 1.61. The molecule has 0 aliphatic heterocycles. The molecule has 2 atom stereocenters. The summed E-state index contributed by atoms with van der Waals surface area (Å²) in [5.41, 5.74) is 8.82. The molecule has 0 bridgehead atoms. The lowest BCUT2D eigenvalue weighted by atomic mass is 9.81. The van der Waals surface area contributed by atoms with E-state index in [2.05, 4.69) is 20.4 Å². The summed E-state index contributed by atoms with van der Waals surface area (Å²) in [6.07, 6.45) is 12.8. The van der Waals surface area contributed by atoms with Gasteiger partial charge in [-0.15, -0.1) is 0 Å². The van der Waals surface area contributed by atoms with E-state index in [9.17, 15) is 0 Å². The van der Waals surface area contributed by atoms with Gasteiger partial charge in [-0.3, -0.25) is 4.98 Å². The lowest BCUT2D eigenvalue weighted by Crippen LogP contribution is -2.27. The number of hydrogen-bond donors (Lipinski definition) is 2. The van der Waals surface area contributed by atoms with Crippen molar-refractivity contribution in [1.29, 1.82) is 0 Å². The van der Waals surface area contributed by atoms with Crippen molar-refractivity contribution >= 4 is 17.2 Å². The quantitative estimate of drug-likeness (QED) is 0.315. The first-order valence-electron chi connectivity index (χ1n) is 13.3. The van der Waals surface area contributed by atoms with Crippen LogP contribution < -0.4 is 11.1 Å². The van der Waals surface area contributed by atoms with Crippen LogP contribution in [0.15, 0.2) is 48.9 Å². The minimum absolute atomic E-state index is 0.169. The van der Waals surface area contributed by atoms with Gasteiger partial charge >= 0.3 is 0 Å².